The maximum absolute atomic E-state index is 11.0. The molecule has 0 amide bonds. The van der Waals surface area contributed by atoms with Crippen molar-refractivity contribution in [1.82, 2.24) is 4.89 Å². The van der Waals surface area contributed by atoms with Crippen LogP contribution in [0.3, 0.4) is 0 Å². The zero-order valence-corrected chi connectivity index (χ0v) is 9.11. The smallest absolute Gasteiger partial charge is 0.320 e. The minimum Gasteiger partial charge on any atom is -0.480 e. The fourth-order valence-electron chi connectivity index (χ4n) is 0.969. The van der Waals surface area contributed by atoms with Gasteiger partial charge in [-0.2, -0.15) is 0 Å². The Morgan fingerprint density at radius 1 is 1.31 bits per heavy atom. The van der Waals surface area contributed by atoms with Gasteiger partial charge in [-0.05, 0) is 5.56 Å². The number of carboxylic acids is 1. The molecule has 0 aliphatic heterocycles. The highest BCUT2D eigenvalue weighted by atomic mass is 32.2. The molecule has 1 aromatic rings. The van der Waals surface area contributed by atoms with Crippen LogP contribution in [0.1, 0.15) is 5.56 Å². The third kappa shape index (κ3) is 4.87. The highest BCUT2D eigenvalue weighted by Crippen LogP contribution is 1.99. The molecule has 2 N–H and O–H groups in total. The molecule has 0 unspecified atom stereocenters. The quantitative estimate of drug-likeness (QED) is 0.694. The van der Waals surface area contributed by atoms with Crippen LogP contribution < -0.4 is 4.89 Å². The largest absolute Gasteiger partial charge is 0.480 e. The zero-order valence-electron chi connectivity index (χ0n) is 8.29. The molecule has 1 rings (SSSR count). The lowest BCUT2D eigenvalue weighted by Crippen LogP contribution is -2.30. The van der Waals surface area contributed by atoms with Gasteiger partial charge in [-0.15, -0.1) is 0 Å². The molecule has 0 atom stereocenters. The van der Waals surface area contributed by atoms with E-state index >= 15 is 0 Å². The van der Waals surface area contributed by atoms with Crippen LogP contribution in [0.2, 0.25) is 0 Å². The molecule has 0 aliphatic carbocycles. The Kier molecular flexibility index (Phi) is 4.41. The summed E-state index contributed by atoms with van der Waals surface area (Å²) in [6.07, 6.45) is 0. The molecular formula is C9H11NO5S. The highest BCUT2D eigenvalue weighted by Gasteiger charge is 2.15. The van der Waals surface area contributed by atoms with Crippen LogP contribution in [-0.4, -0.2) is 25.2 Å². The third-order valence-electron chi connectivity index (χ3n) is 1.58. The number of hydrogen-bond donors (Lipinski definition) is 2. The van der Waals surface area contributed by atoms with E-state index in [0.717, 1.165) is 5.56 Å². The van der Waals surface area contributed by atoms with Crippen molar-refractivity contribution in [3.8, 4) is 0 Å². The Labute approximate surface area is 92.9 Å². The van der Waals surface area contributed by atoms with Crippen molar-refractivity contribution in [3.05, 3.63) is 35.9 Å². The van der Waals surface area contributed by atoms with Gasteiger partial charge in [-0.1, -0.05) is 35.2 Å². The van der Waals surface area contributed by atoms with Crippen LogP contribution in [0.15, 0.2) is 30.3 Å². The SMILES string of the molecule is O=C(O)CS(=O)(=O)NOCc1ccccc1. The number of rotatable bonds is 6. The highest BCUT2D eigenvalue weighted by molar-refractivity contribution is 7.90. The predicted molar refractivity (Wildman–Crippen MR) is 55.8 cm³/mol. The summed E-state index contributed by atoms with van der Waals surface area (Å²) in [5, 5.41) is 8.29. The van der Waals surface area contributed by atoms with E-state index in [1.54, 1.807) is 29.2 Å². The summed E-state index contributed by atoms with van der Waals surface area (Å²) in [6.45, 7) is 0.0414. The Hall–Kier alpha value is -1.44. The van der Waals surface area contributed by atoms with E-state index in [1.807, 2.05) is 6.07 Å². The minimum atomic E-state index is -3.92. The summed E-state index contributed by atoms with van der Waals surface area (Å²) in [6, 6.07) is 8.89. The van der Waals surface area contributed by atoms with E-state index in [9.17, 15) is 13.2 Å². The van der Waals surface area contributed by atoms with Crippen molar-refractivity contribution >= 4 is 16.0 Å². The van der Waals surface area contributed by atoms with Crippen LogP contribution in [-0.2, 0) is 26.3 Å². The molecule has 0 aromatic heterocycles. The van der Waals surface area contributed by atoms with Crippen molar-refractivity contribution < 1.29 is 23.2 Å². The molecule has 0 saturated carbocycles. The lowest BCUT2D eigenvalue weighted by atomic mass is 10.2. The zero-order chi connectivity index (χ0) is 12.0. The van der Waals surface area contributed by atoms with Gasteiger partial charge in [0.25, 0.3) is 0 Å². The van der Waals surface area contributed by atoms with Crippen molar-refractivity contribution in [2.24, 2.45) is 0 Å². The van der Waals surface area contributed by atoms with Gasteiger partial charge in [0, 0.05) is 0 Å². The number of benzene rings is 1. The average molecular weight is 245 g/mol. The third-order valence-corrected chi connectivity index (χ3v) is 2.58. The summed E-state index contributed by atoms with van der Waals surface area (Å²) in [5.41, 5.74) is 0.778. The molecule has 0 heterocycles. The van der Waals surface area contributed by atoms with E-state index in [1.165, 1.54) is 0 Å². The summed E-state index contributed by atoms with van der Waals surface area (Å²) >= 11 is 0. The van der Waals surface area contributed by atoms with E-state index in [2.05, 4.69) is 4.84 Å². The first-order valence-corrected chi connectivity index (χ1v) is 6.02. The van der Waals surface area contributed by atoms with Gasteiger partial charge in [-0.25, -0.2) is 8.42 Å². The van der Waals surface area contributed by atoms with Crippen LogP contribution in [0.25, 0.3) is 0 Å². The topological polar surface area (TPSA) is 92.7 Å². The molecule has 16 heavy (non-hydrogen) atoms. The Morgan fingerprint density at radius 3 is 2.50 bits per heavy atom. The number of hydrogen-bond acceptors (Lipinski definition) is 4. The molecule has 0 saturated heterocycles. The molecule has 7 heteroatoms. The fraction of sp³-hybridized carbons (Fsp3) is 0.222. The molecule has 0 bridgehead atoms. The number of carboxylic acid groups (broad SMARTS) is 1. The molecule has 0 fully saturated rings. The first-order valence-electron chi connectivity index (χ1n) is 4.36. The summed E-state index contributed by atoms with van der Waals surface area (Å²) in [4.78, 5) is 16.6. The van der Waals surface area contributed by atoms with Gasteiger partial charge in [0.05, 0.1) is 6.61 Å². The van der Waals surface area contributed by atoms with Crippen LogP contribution in [0.4, 0.5) is 0 Å². The normalized spacial score (nSPS) is 11.2. The van der Waals surface area contributed by atoms with Crippen molar-refractivity contribution in [2.45, 2.75) is 6.61 Å². The summed E-state index contributed by atoms with van der Waals surface area (Å²) < 4.78 is 22.0. The lowest BCUT2D eigenvalue weighted by Gasteiger charge is -2.05. The molecular weight excluding hydrogens is 234 g/mol. The summed E-state index contributed by atoms with van der Waals surface area (Å²) in [7, 11) is -3.92. The lowest BCUT2D eigenvalue weighted by molar-refractivity contribution is -0.134. The molecule has 0 radical (unpaired) electrons. The van der Waals surface area contributed by atoms with Gasteiger partial charge in [-0.3, -0.25) is 9.63 Å². The van der Waals surface area contributed by atoms with Crippen molar-refractivity contribution in [2.75, 3.05) is 5.75 Å². The number of nitrogens with one attached hydrogen (secondary N) is 1. The second kappa shape index (κ2) is 5.59. The number of aliphatic carboxylic acids is 1. The number of carbonyl (C=O) groups is 1. The van der Waals surface area contributed by atoms with E-state index in [-0.39, 0.29) is 6.61 Å². The van der Waals surface area contributed by atoms with E-state index < -0.39 is 21.7 Å². The average Bonchev–Trinajstić information content (AvgIpc) is 2.16. The second-order valence-electron chi connectivity index (χ2n) is 3.01. The fourth-order valence-corrected chi connectivity index (χ4v) is 1.59. The molecule has 1 aromatic carbocycles. The van der Waals surface area contributed by atoms with Gasteiger partial charge in [0.2, 0.25) is 10.0 Å². The van der Waals surface area contributed by atoms with E-state index in [0.29, 0.717) is 0 Å². The van der Waals surface area contributed by atoms with Crippen LogP contribution >= 0.6 is 0 Å². The second-order valence-corrected chi connectivity index (χ2v) is 4.70. The molecule has 6 nitrogen and oxygen atoms in total. The van der Waals surface area contributed by atoms with Crippen LogP contribution in [0.5, 0.6) is 0 Å². The maximum Gasteiger partial charge on any atom is 0.320 e. The Balaban J connectivity index is 2.39. The van der Waals surface area contributed by atoms with Gasteiger partial charge in [0.15, 0.2) is 5.75 Å². The first-order chi connectivity index (χ1) is 7.49. The predicted octanol–water partition coefficient (Wildman–Crippen LogP) is 0.122. The monoisotopic (exact) mass is 245 g/mol. The summed E-state index contributed by atoms with van der Waals surface area (Å²) in [5.74, 6) is -2.45. The Morgan fingerprint density at radius 2 is 1.94 bits per heavy atom. The molecule has 0 aliphatic rings. The van der Waals surface area contributed by atoms with Gasteiger partial charge < -0.3 is 5.11 Å². The minimum absolute atomic E-state index is 0.0414. The number of sulfonamides is 1. The molecule has 88 valence electrons. The van der Waals surface area contributed by atoms with Gasteiger partial charge in [0.1, 0.15) is 0 Å². The van der Waals surface area contributed by atoms with Gasteiger partial charge >= 0.3 is 5.97 Å². The Bertz CT molecular complexity index is 442. The van der Waals surface area contributed by atoms with Crippen molar-refractivity contribution in [1.29, 1.82) is 0 Å². The molecule has 0 spiro atoms. The van der Waals surface area contributed by atoms with E-state index in [4.69, 9.17) is 5.11 Å². The maximum atomic E-state index is 11.0. The first kappa shape index (κ1) is 12.6. The standard InChI is InChI=1S/C9H11NO5S/c11-9(12)7-16(13,14)10-15-6-8-4-2-1-3-5-8/h1-5,10H,6-7H2,(H,11,12). The van der Waals surface area contributed by atoms with Crippen molar-refractivity contribution in [3.63, 3.8) is 0 Å². The van der Waals surface area contributed by atoms with Crippen LogP contribution in [0, 0.1) is 0 Å².